The number of nitrogens with one attached hydrogen (secondary N) is 2. The molecule has 0 spiro atoms. The molecule has 0 unspecified atom stereocenters. The molecule has 0 aromatic heterocycles. The Bertz CT molecular complexity index is 618. The lowest BCUT2D eigenvalue weighted by Crippen LogP contribution is -2.46. The average molecular weight is 349 g/mol. The predicted molar refractivity (Wildman–Crippen MR) is 80.5 cm³/mol. The highest BCUT2D eigenvalue weighted by atomic mass is 19.4. The molecule has 0 radical (unpaired) electrons. The molecule has 1 aromatic rings. The van der Waals surface area contributed by atoms with E-state index in [9.17, 15) is 28.1 Å². The molecular formula is C14H18F3N3O4. The number of nitro benzene ring substituents is 1. The zero-order valence-electron chi connectivity index (χ0n) is 13.1. The summed E-state index contributed by atoms with van der Waals surface area (Å²) in [5, 5.41) is 25.1. The lowest BCUT2D eigenvalue weighted by Gasteiger charge is -2.23. The van der Waals surface area contributed by atoms with Crippen LogP contribution in [0, 0.1) is 10.1 Å². The van der Waals surface area contributed by atoms with Crippen molar-refractivity contribution in [3.8, 4) is 0 Å². The van der Waals surface area contributed by atoms with Crippen LogP contribution in [0.5, 0.6) is 0 Å². The summed E-state index contributed by atoms with van der Waals surface area (Å²) in [5.74, 6) is -0.406. The van der Waals surface area contributed by atoms with Crippen LogP contribution in [0.25, 0.3) is 0 Å². The van der Waals surface area contributed by atoms with E-state index in [1.54, 1.807) is 13.8 Å². The van der Waals surface area contributed by atoms with Gasteiger partial charge in [-0.3, -0.25) is 14.9 Å². The first-order chi connectivity index (χ1) is 11.0. The molecule has 0 bridgehead atoms. The van der Waals surface area contributed by atoms with Gasteiger partial charge in [0.2, 0.25) is 5.91 Å². The van der Waals surface area contributed by atoms with Crippen molar-refractivity contribution in [1.29, 1.82) is 0 Å². The lowest BCUT2D eigenvalue weighted by molar-refractivity contribution is -0.384. The predicted octanol–water partition coefficient (Wildman–Crippen LogP) is 2.30. The topological polar surface area (TPSA) is 104 Å². The van der Waals surface area contributed by atoms with E-state index in [1.165, 1.54) is 0 Å². The van der Waals surface area contributed by atoms with Crippen LogP contribution in [0.1, 0.15) is 25.8 Å². The normalized spacial score (nSPS) is 11.9. The minimum Gasteiger partial charge on any atom is -0.394 e. The van der Waals surface area contributed by atoms with E-state index in [1.807, 2.05) is 0 Å². The molecule has 7 nitrogen and oxygen atoms in total. The smallest absolute Gasteiger partial charge is 0.394 e. The van der Waals surface area contributed by atoms with Crippen LogP contribution in [0.3, 0.4) is 0 Å². The van der Waals surface area contributed by atoms with Crippen molar-refractivity contribution in [2.24, 2.45) is 0 Å². The summed E-state index contributed by atoms with van der Waals surface area (Å²) in [6.07, 6.45) is -4.75. The number of aliphatic hydroxyl groups is 1. The van der Waals surface area contributed by atoms with Crippen molar-refractivity contribution in [2.75, 3.05) is 18.5 Å². The fourth-order valence-electron chi connectivity index (χ4n) is 1.80. The molecule has 0 saturated carbocycles. The number of nitro groups is 1. The molecule has 24 heavy (non-hydrogen) atoms. The second-order valence-corrected chi connectivity index (χ2v) is 5.75. The van der Waals surface area contributed by atoms with E-state index < -0.39 is 33.8 Å². The maximum Gasteiger partial charge on any atom is 0.416 e. The summed E-state index contributed by atoms with van der Waals surface area (Å²) in [4.78, 5) is 21.7. The van der Waals surface area contributed by atoms with Gasteiger partial charge >= 0.3 is 6.18 Å². The third kappa shape index (κ3) is 5.69. The standard InChI is InChI=1S/C14H18F3N3O4/c1-13(2,8-21)19-12(22)5-6-18-10-4-3-9(14(15,16)17)7-11(10)20(23)24/h3-4,7,18,21H,5-6,8H2,1-2H3,(H,19,22). The number of carbonyl (C=O) groups excluding carboxylic acids is 1. The molecular weight excluding hydrogens is 331 g/mol. The second-order valence-electron chi connectivity index (χ2n) is 5.75. The monoisotopic (exact) mass is 349 g/mol. The van der Waals surface area contributed by atoms with E-state index in [0.29, 0.717) is 6.07 Å². The minimum atomic E-state index is -4.68. The van der Waals surface area contributed by atoms with Crippen molar-refractivity contribution in [3.05, 3.63) is 33.9 Å². The van der Waals surface area contributed by atoms with Crippen LogP contribution in [-0.2, 0) is 11.0 Å². The fraction of sp³-hybridized carbons (Fsp3) is 0.500. The molecule has 0 heterocycles. The van der Waals surface area contributed by atoms with Gasteiger partial charge in [-0.1, -0.05) is 0 Å². The van der Waals surface area contributed by atoms with Crippen LogP contribution in [0.4, 0.5) is 24.5 Å². The van der Waals surface area contributed by atoms with E-state index in [2.05, 4.69) is 10.6 Å². The van der Waals surface area contributed by atoms with Gasteiger partial charge in [0.05, 0.1) is 22.6 Å². The number of alkyl halides is 3. The number of rotatable bonds is 7. The molecule has 0 fully saturated rings. The van der Waals surface area contributed by atoms with Crippen LogP contribution < -0.4 is 10.6 Å². The fourth-order valence-corrected chi connectivity index (χ4v) is 1.80. The Morgan fingerprint density at radius 1 is 1.33 bits per heavy atom. The maximum absolute atomic E-state index is 12.6. The summed E-state index contributed by atoms with van der Waals surface area (Å²) >= 11 is 0. The van der Waals surface area contributed by atoms with Crippen molar-refractivity contribution in [2.45, 2.75) is 32.0 Å². The van der Waals surface area contributed by atoms with Crippen LogP contribution in [-0.4, -0.2) is 34.6 Å². The molecule has 0 aliphatic carbocycles. The zero-order valence-corrected chi connectivity index (χ0v) is 13.1. The Kier molecular flexibility index (Phi) is 6.13. The van der Waals surface area contributed by atoms with Gasteiger partial charge in [-0.2, -0.15) is 13.2 Å². The summed E-state index contributed by atoms with van der Waals surface area (Å²) in [5.41, 5.74) is -2.76. The van der Waals surface area contributed by atoms with Crippen molar-refractivity contribution < 1.29 is 28.0 Å². The Hall–Kier alpha value is -2.36. The number of aliphatic hydroxyl groups excluding tert-OH is 1. The van der Waals surface area contributed by atoms with E-state index >= 15 is 0 Å². The molecule has 3 N–H and O–H groups in total. The lowest BCUT2D eigenvalue weighted by atomic mass is 10.1. The molecule has 0 saturated heterocycles. The number of hydrogen-bond donors (Lipinski definition) is 3. The second kappa shape index (κ2) is 7.47. The number of anilines is 1. The van der Waals surface area contributed by atoms with Gasteiger partial charge < -0.3 is 15.7 Å². The SMILES string of the molecule is CC(C)(CO)NC(=O)CCNc1ccc(C(F)(F)F)cc1[N+](=O)[O-]. The van der Waals surface area contributed by atoms with Gasteiger partial charge in [0.25, 0.3) is 5.69 Å². The van der Waals surface area contributed by atoms with Crippen LogP contribution in [0.15, 0.2) is 18.2 Å². The van der Waals surface area contributed by atoms with Gasteiger partial charge in [0, 0.05) is 19.0 Å². The molecule has 10 heteroatoms. The Balaban J connectivity index is 2.75. The minimum absolute atomic E-state index is 0.0143. The first kappa shape index (κ1) is 19.7. The number of nitrogens with zero attached hydrogens (tertiary/aromatic N) is 1. The number of amides is 1. The summed E-state index contributed by atoms with van der Waals surface area (Å²) in [6, 6.07) is 2.12. The Morgan fingerprint density at radius 2 is 1.96 bits per heavy atom. The molecule has 0 aliphatic rings. The van der Waals surface area contributed by atoms with Crippen LogP contribution >= 0.6 is 0 Å². The van der Waals surface area contributed by atoms with Gasteiger partial charge in [0.15, 0.2) is 0 Å². The van der Waals surface area contributed by atoms with Gasteiger partial charge in [0.1, 0.15) is 5.69 Å². The maximum atomic E-state index is 12.6. The summed E-state index contributed by atoms with van der Waals surface area (Å²) in [7, 11) is 0. The molecule has 1 amide bonds. The van der Waals surface area contributed by atoms with Crippen molar-refractivity contribution >= 4 is 17.3 Å². The molecule has 1 rings (SSSR count). The van der Waals surface area contributed by atoms with Crippen LogP contribution in [0.2, 0.25) is 0 Å². The number of hydrogen-bond acceptors (Lipinski definition) is 5. The summed E-state index contributed by atoms with van der Waals surface area (Å²) < 4.78 is 37.8. The zero-order chi connectivity index (χ0) is 18.5. The largest absolute Gasteiger partial charge is 0.416 e. The number of halogens is 3. The highest BCUT2D eigenvalue weighted by molar-refractivity contribution is 5.77. The quantitative estimate of drug-likeness (QED) is 0.517. The first-order valence-electron chi connectivity index (χ1n) is 6.97. The first-order valence-corrected chi connectivity index (χ1v) is 6.97. The Labute approximate surface area is 136 Å². The van der Waals surface area contributed by atoms with Gasteiger partial charge in [-0.25, -0.2) is 0 Å². The van der Waals surface area contributed by atoms with E-state index in [4.69, 9.17) is 5.11 Å². The van der Waals surface area contributed by atoms with Gasteiger partial charge in [-0.15, -0.1) is 0 Å². The molecule has 134 valence electrons. The third-order valence-corrected chi connectivity index (χ3v) is 3.06. The molecule has 0 atom stereocenters. The van der Waals surface area contributed by atoms with Crippen molar-refractivity contribution in [3.63, 3.8) is 0 Å². The summed E-state index contributed by atoms with van der Waals surface area (Å²) in [6.45, 7) is 2.94. The van der Waals surface area contributed by atoms with Gasteiger partial charge in [-0.05, 0) is 26.0 Å². The number of benzene rings is 1. The number of carbonyl (C=O) groups is 1. The molecule has 1 aromatic carbocycles. The molecule has 0 aliphatic heterocycles. The van der Waals surface area contributed by atoms with Crippen molar-refractivity contribution in [1.82, 2.24) is 5.32 Å². The van der Waals surface area contributed by atoms with E-state index in [0.717, 1.165) is 12.1 Å². The highest BCUT2D eigenvalue weighted by Crippen LogP contribution is 2.34. The average Bonchev–Trinajstić information content (AvgIpc) is 2.45. The third-order valence-electron chi connectivity index (χ3n) is 3.06. The van der Waals surface area contributed by atoms with E-state index in [-0.39, 0.29) is 25.3 Å². The highest BCUT2D eigenvalue weighted by Gasteiger charge is 2.33. The Morgan fingerprint density at radius 3 is 2.46 bits per heavy atom.